The summed E-state index contributed by atoms with van der Waals surface area (Å²) in [7, 11) is 0. The number of ether oxygens (including phenoxy) is 2. The second-order valence-electron chi connectivity index (χ2n) is 6.11. The van der Waals surface area contributed by atoms with Crippen LogP contribution in [0.1, 0.15) is 47.5 Å². The molecule has 0 unspecified atom stereocenters. The Labute approximate surface area is 109 Å². The lowest BCUT2D eigenvalue weighted by molar-refractivity contribution is -0.261. The molecule has 0 aromatic rings. The number of rotatable bonds is 4. The third-order valence-electron chi connectivity index (χ3n) is 3.41. The largest absolute Gasteiger partial charge is 0.464 e. The van der Waals surface area contributed by atoms with Gasteiger partial charge in [-0.3, -0.25) is 0 Å². The van der Waals surface area contributed by atoms with Crippen LogP contribution in [0.2, 0.25) is 0 Å². The minimum atomic E-state index is -0.318. The van der Waals surface area contributed by atoms with Crippen molar-refractivity contribution in [1.82, 2.24) is 5.06 Å². The number of hydrogen-bond donors (Lipinski definition) is 0. The summed E-state index contributed by atoms with van der Waals surface area (Å²) in [6.45, 7) is 10.3. The quantitative estimate of drug-likeness (QED) is 0.563. The van der Waals surface area contributed by atoms with E-state index in [-0.39, 0.29) is 29.8 Å². The van der Waals surface area contributed by atoms with Crippen molar-refractivity contribution >= 4 is 5.97 Å². The number of piperidine rings is 1. The van der Waals surface area contributed by atoms with Gasteiger partial charge in [-0.2, -0.15) is 0 Å². The molecule has 2 N–H and O–H groups in total. The fraction of sp³-hybridized carbons (Fsp3) is 0.923. The average Bonchev–Trinajstić information content (AvgIpc) is 2.23. The lowest BCUT2D eigenvalue weighted by Gasteiger charge is -2.47. The summed E-state index contributed by atoms with van der Waals surface area (Å²) in [5.74, 6) is -0.318. The molecule has 106 valence electrons. The topological polar surface area (TPSA) is 61.7 Å². The Kier molecular flexibility index (Phi) is 4.75. The van der Waals surface area contributed by atoms with Crippen LogP contribution in [0.5, 0.6) is 0 Å². The van der Waals surface area contributed by atoms with E-state index in [1.54, 1.807) is 12.0 Å². The van der Waals surface area contributed by atoms with Crippen LogP contribution in [0.15, 0.2) is 0 Å². The highest BCUT2D eigenvalue weighted by molar-refractivity contribution is 5.70. The minimum absolute atomic E-state index is 0.000932. The van der Waals surface area contributed by atoms with Crippen molar-refractivity contribution in [3.05, 3.63) is 0 Å². The van der Waals surface area contributed by atoms with Crippen molar-refractivity contribution < 1.29 is 19.5 Å². The van der Waals surface area contributed by atoms with Crippen molar-refractivity contribution in [2.45, 2.75) is 64.6 Å². The van der Waals surface area contributed by atoms with E-state index in [1.807, 2.05) is 27.7 Å². The number of hydroxylamine groups is 2. The first-order chi connectivity index (χ1) is 8.19. The molecule has 0 bridgehead atoms. The molecule has 1 rings (SSSR count). The number of carbonyl (C=O) groups excluding carboxylic acids is 1. The molecule has 5 heteroatoms. The monoisotopic (exact) mass is 260 g/mol. The summed E-state index contributed by atoms with van der Waals surface area (Å²) >= 11 is 0. The molecule has 0 aromatic carbocycles. The summed E-state index contributed by atoms with van der Waals surface area (Å²) in [4.78, 5) is 11.3. The lowest BCUT2D eigenvalue weighted by atomic mass is 9.80. The molecular weight excluding hydrogens is 234 g/mol. The predicted octanol–water partition coefficient (Wildman–Crippen LogP) is 1.23. The van der Waals surface area contributed by atoms with E-state index >= 15 is 0 Å². The van der Waals surface area contributed by atoms with E-state index in [9.17, 15) is 4.79 Å². The highest BCUT2D eigenvalue weighted by atomic mass is 16.6. The van der Waals surface area contributed by atoms with Gasteiger partial charge in [0.2, 0.25) is 0 Å². The number of nitrogens with zero attached hydrogens (tertiary/aromatic N) is 1. The zero-order valence-corrected chi connectivity index (χ0v) is 12.1. The van der Waals surface area contributed by atoms with Gasteiger partial charge in [0.15, 0.2) is 0 Å². The summed E-state index contributed by atoms with van der Waals surface area (Å²) in [6.07, 6.45) is 1.50. The highest BCUT2D eigenvalue weighted by Crippen LogP contribution is 2.37. The van der Waals surface area contributed by atoms with Crippen LogP contribution in [0.3, 0.4) is 0 Å². The number of carbonyl (C=O) groups is 1. The zero-order valence-electron chi connectivity index (χ0n) is 12.1. The molecule has 0 radical (unpaired) electrons. The SMILES string of the molecule is CCOC(=O)COC1CC(C)(C)N([OH2+])C(C)(C)C1. The van der Waals surface area contributed by atoms with Crippen LogP contribution >= 0.6 is 0 Å². The van der Waals surface area contributed by atoms with Gasteiger partial charge >= 0.3 is 5.97 Å². The van der Waals surface area contributed by atoms with Crippen molar-refractivity contribution in [3.63, 3.8) is 0 Å². The number of hydrogen-bond acceptors (Lipinski definition) is 4. The Morgan fingerprint density at radius 2 is 1.78 bits per heavy atom. The Hall–Kier alpha value is -0.650. The Bertz CT molecular complexity index is 283. The third-order valence-corrected chi connectivity index (χ3v) is 3.41. The van der Waals surface area contributed by atoms with Crippen LogP contribution in [-0.2, 0) is 14.3 Å². The van der Waals surface area contributed by atoms with Gasteiger partial charge in [0.05, 0.1) is 23.8 Å². The number of esters is 1. The normalized spacial score (nSPS) is 23.9. The van der Waals surface area contributed by atoms with Crippen molar-refractivity contribution in [1.29, 1.82) is 0 Å². The molecule has 0 aliphatic carbocycles. The van der Waals surface area contributed by atoms with Crippen molar-refractivity contribution in [3.8, 4) is 0 Å². The molecule has 0 amide bonds. The molecule has 0 atom stereocenters. The van der Waals surface area contributed by atoms with Crippen LogP contribution < -0.4 is 0 Å². The molecule has 0 aromatic heterocycles. The molecule has 5 nitrogen and oxygen atoms in total. The maximum Gasteiger partial charge on any atom is 0.332 e. The predicted molar refractivity (Wildman–Crippen MR) is 69.2 cm³/mol. The first kappa shape index (κ1) is 15.4. The molecule has 1 fully saturated rings. The molecule has 0 spiro atoms. The Morgan fingerprint density at radius 1 is 1.28 bits per heavy atom. The standard InChI is InChI=1S/C13H25NO4/c1-6-17-11(15)9-18-10-7-12(2,3)14(16)13(4,5)8-10/h10,16H,6-9H2,1-5H3/p+1. The van der Waals surface area contributed by atoms with Gasteiger partial charge < -0.3 is 14.7 Å². The molecular formula is C13H26NO4+. The van der Waals surface area contributed by atoms with Crippen LogP contribution in [0, 0.1) is 0 Å². The second-order valence-corrected chi connectivity index (χ2v) is 6.11. The van der Waals surface area contributed by atoms with E-state index in [2.05, 4.69) is 0 Å². The van der Waals surface area contributed by atoms with E-state index in [0.717, 1.165) is 12.8 Å². The molecule has 0 saturated carbocycles. The van der Waals surface area contributed by atoms with Gasteiger partial charge in [-0.1, -0.05) is 5.06 Å². The lowest BCUT2D eigenvalue weighted by Crippen LogP contribution is -2.60. The Morgan fingerprint density at radius 3 is 2.22 bits per heavy atom. The van der Waals surface area contributed by atoms with Gasteiger partial charge in [-0.15, -0.1) is 0 Å². The van der Waals surface area contributed by atoms with Crippen LogP contribution in [0.25, 0.3) is 0 Å². The maximum atomic E-state index is 11.3. The van der Waals surface area contributed by atoms with E-state index in [4.69, 9.17) is 14.7 Å². The molecule has 1 aliphatic rings. The van der Waals surface area contributed by atoms with Gasteiger partial charge in [-0.05, 0) is 47.5 Å². The third kappa shape index (κ3) is 3.67. The van der Waals surface area contributed by atoms with Crippen LogP contribution in [-0.4, -0.2) is 46.6 Å². The van der Waals surface area contributed by atoms with Gasteiger partial charge in [0.25, 0.3) is 0 Å². The first-order valence-corrected chi connectivity index (χ1v) is 6.48. The minimum Gasteiger partial charge on any atom is -0.464 e. The molecule has 1 saturated heterocycles. The smallest absolute Gasteiger partial charge is 0.332 e. The van der Waals surface area contributed by atoms with Crippen molar-refractivity contribution in [2.75, 3.05) is 13.2 Å². The summed E-state index contributed by atoms with van der Waals surface area (Å²) in [5.41, 5.74) is -0.498. The van der Waals surface area contributed by atoms with E-state index in [1.165, 1.54) is 0 Å². The fourth-order valence-electron chi connectivity index (χ4n) is 2.69. The second kappa shape index (κ2) is 5.55. The van der Waals surface area contributed by atoms with Gasteiger partial charge in [0, 0.05) is 0 Å². The van der Waals surface area contributed by atoms with Gasteiger partial charge in [-0.25, -0.2) is 4.79 Å². The molecule has 1 aliphatic heterocycles. The highest BCUT2D eigenvalue weighted by Gasteiger charge is 2.49. The summed E-state index contributed by atoms with van der Waals surface area (Å²) in [6, 6.07) is 0. The average molecular weight is 260 g/mol. The summed E-state index contributed by atoms with van der Waals surface area (Å²) < 4.78 is 10.5. The Balaban J connectivity index is 2.56. The molecule has 18 heavy (non-hydrogen) atoms. The maximum absolute atomic E-state index is 11.3. The van der Waals surface area contributed by atoms with E-state index in [0.29, 0.717) is 6.61 Å². The zero-order chi connectivity index (χ0) is 14.0. The van der Waals surface area contributed by atoms with Crippen LogP contribution in [0.4, 0.5) is 0 Å². The van der Waals surface area contributed by atoms with Crippen molar-refractivity contribution in [2.24, 2.45) is 0 Å². The summed E-state index contributed by atoms with van der Waals surface area (Å²) in [5, 5.41) is 9.78. The first-order valence-electron chi connectivity index (χ1n) is 6.48. The van der Waals surface area contributed by atoms with E-state index < -0.39 is 0 Å². The van der Waals surface area contributed by atoms with Gasteiger partial charge in [0.1, 0.15) is 6.61 Å². The fourth-order valence-corrected chi connectivity index (χ4v) is 2.69. The molecule has 1 heterocycles.